The number of hydrogen-bond acceptors (Lipinski definition) is 6. The number of benzene rings is 1. The normalized spacial score (nSPS) is 27.8. The Kier molecular flexibility index (Phi) is 4.59. The van der Waals surface area contributed by atoms with Gasteiger partial charge in [0.25, 0.3) is 11.8 Å². The molecule has 154 valence electrons. The molecule has 1 N–H and O–H groups in total. The molecule has 1 heterocycles. The van der Waals surface area contributed by atoms with Gasteiger partial charge in [-0.1, -0.05) is 17.2 Å². The summed E-state index contributed by atoms with van der Waals surface area (Å²) in [6.07, 6.45) is 1.49. The van der Waals surface area contributed by atoms with Crippen LogP contribution in [-0.2, 0) is 14.4 Å². The lowest BCUT2D eigenvalue weighted by Crippen LogP contribution is -2.51. The molecule has 0 bridgehead atoms. The maximum absolute atomic E-state index is 12.6. The Morgan fingerprint density at radius 1 is 1.03 bits per heavy atom. The van der Waals surface area contributed by atoms with Crippen LogP contribution in [0.15, 0.2) is 24.3 Å². The monoisotopic (exact) mass is 400 g/mol. The minimum absolute atomic E-state index is 0.0352. The fourth-order valence-corrected chi connectivity index (χ4v) is 4.46. The summed E-state index contributed by atoms with van der Waals surface area (Å²) in [5.41, 5.74) is -0.0985. The van der Waals surface area contributed by atoms with Crippen LogP contribution in [0.5, 0.6) is 0 Å². The summed E-state index contributed by atoms with van der Waals surface area (Å²) in [6.45, 7) is 5.41. The molecular weight excluding hydrogens is 376 g/mol. The standard InChI is InChI=1S/C21H24N2O6/c1-21(2,3)28-20(27)22-16-10-11-8-12(9-15(11)16)19(26)29-23-17(24)13-6-4-5-7-14(13)18(23)25/h4-7,11-12,15-16H,8-10H2,1-3H3,(H,22,27)/t11-,12+,15-,16-/m1/s1. The third-order valence-corrected chi connectivity index (χ3v) is 5.80. The SMILES string of the molecule is CC(C)(C)OC(=O)N[C@@H]1C[C@H]2C[C@H](C(=O)ON3C(=O)c4ccccc4C3=O)C[C@H]21. The highest BCUT2D eigenvalue weighted by Crippen LogP contribution is 2.50. The van der Waals surface area contributed by atoms with E-state index in [0.717, 1.165) is 6.42 Å². The molecule has 1 aromatic rings. The second kappa shape index (κ2) is 6.86. The molecule has 4 atom stereocenters. The highest BCUT2D eigenvalue weighted by atomic mass is 16.7. The van der Waals surface area contributed by atoms with Crippen molar-refractivity contribution < 1.29 is 28.8 Å². The molecule has 29 heavy (non-hydrogen) atoms. The second-order valence-electron chi connectivity index (χ2n) is 8.94. The zero-order valence-electron chi connectivity index (χ0n) is 16.6. The maximum atomic E-state index is 12.6. The van der Waals surface area contributed by atoms with Gasteiger partial charge in [0.05, 0.1) is 17.0 Å². The van der Waals surface area contributed by atoms with Gasteiger partial charge in [0.2, 0.25) is 0 Å². The van der Waals surface area contributed by atoms with Crippen LogP contribution in [-0.4, -0.2) is 40.6 Å². The minimum atomic E-state index is -0.621. The highest BCUT2D eigenvalue weighted by Gasteiger charge is 2.51. The van der Waals surface area contributed by atoms with E-state index >= 15 is 0 Å². The van der Waals surface area contributed by atoms with Crippen molar-refractivity contribution >= 4 is 23.9 Å². The lowest BCUT2D eigenvalue weighted by atomic mass is 9.71. The number of rotatable bonds is 3. The summed E-state index contributed by atoms with van der Waals surface area (Å²) in [5, 5.41) is 3.43. The third-order valence-electron chi connectivity index (χ3n) is 5.80. The summed E-state index contributed by atoms with van der Waals surface area (Å²) in [7, 11) is 0. The van der Waals surface area contributed by atoms with Gasteiger partial charge >= 0.3 is 12.1 Å². The number of carbonyl (C=O) groups is 4. The predicted octanol–water partition coefficient (Wildman–Crippen LogP) is 2.68. The van der Waals surface area contributed by atoms with Crippen molar-refractivity contribution in [3.63, 3.8) is 0 Å². The van der Waals surface area contributed by atoms with Gasteiger partial charge in [-0.05, 0) is 64.0 Å². The van der Waals surface area contributed by atoms with Crippen LogP contribution in [0, 0.1) is 17.8 Å². The van der Waals surface area contributed by atoms with Crippen LogP contribution in [0.4, 0.5) is 4.79 Å². The van der Waals surface area contributed by atoms with Gasteiger partial charge in [-0.25, -0.2) is 9.59 Å². The topological polar surface area (TPSA) is 102 Å². The van der Waals surface area contributed by atoms with Gasteiger partial charge in [0.1, 0.15) is 5.60 Å². The number of nitrogens with zero attached hydrogens (tertiary/aromatic N) is 1. The van der Waals surface area contributed by atoms with Gasteiger partial charge < -0.3 is 14.9 Å². The van der Waals surface area contributed by atoms with Gasteiger partial charge in [0, 0.05) is 6.04 Å². The summed E-state index contributed by atoms with van der Waals surface area (Å²) in [6, 6.07) is 6.34. The first-order valence-electron chi connectivity index (χ1n) is 9.83. The Balaban J connectivity index is 1.33. The highest BCUT2D eigenvalue weighted by molar-refractivity contribution is 6.20. The molecule has 2 saturated carbocycles. The molecule has 8 nitrogen and oxygen atoms in total. The Labute approximate surface area is 168 Å². The van der Waals surface area contributed by atoms with Crippen molar-refractivity contribution in [1.82, 2.24) is 10.4 Å². The zero-order chi connectivity index (χ0) is 20.9. The molecule has 8 heteroatoms. The van der Waals surface area contributed by atoms with Crippen LogP contribution in [0.25, 0.3) is 0 Å². The first-order chi connectivity index (χ1) is 13.6. The number of amides is 3. The number of ether oxygens (including phenoxy) is 1. The van der Waals surface area contributed by atoms with Gasteiger partial charge in [-0.3, -0.25) is 9.59 Å². The van der Waals surface area contributed by atoms with Gasteiger partial charge in [-0.15, -0.1) is 0 Å². The molecule has 0 radical (unpaired) electrons. The molecule has 3 aliphatic rings. The van der Waals surface area contributed by atoms with Crippen molar-refractivity contribution in [1.29, 1.82) is 0 Å². The molecule has 3 amide bonds. The molecule has 1 aromatic carbocycles. The smallest absolute Gasteiger partial charge is 0.407 e. The van der Waals surface area contributed by atoms with E-state index in [-0.39, 0.29) is 23.1 Å². The van der Waals surface area contributed by atoms with Gasteiger partial charge in [-0.2, -0.15) is 0 Å². The number of hydrogen-bond donors (Lipinski definition) is 1. The summed E-state index contributed by atoms with van der Waals surface area (Å²) in [4.78, 5) is 54.5. The van der Waals surface area contributed by atoms with E-state index in [0.29, 0.717) is 23.8 Å². The number of imide groups is 1. The van der Waals surface area contributed by atoms with E-state index < -0.39 is 35.4 Å². The average Bonchev–Trinajstić information content (AvgIpc) is 3.09. The van der Waals surface area contributed by atoms with Crippen molar-refractivity contribution in [2.75, 3.05) is 0 Å². The molecular formula is C21H24N2O6. The van der Waals surface area contributed by atoms with Crippen LogP contribution < -0.4 is 5.32 Å². The number of carbonyl (C=O) groups excluding carboxylic acids is 4. The van der Waals surface area contributed by atoms with Crippen LogP contribution >= 0.6 is 0 Å². The largest absolute Gasteiger partial charge is 0.444 e. The fraction of sp³-hybridized carbons (Fsp3) is 0.524. The van der Waals surface area contributed by atoms with Crippen molar-refractivity contribution in [2.45, 2.75) is 51.7 Å². The Hall–Kier alpha value is -2.90. The van der Waals surface area contributed by atoms with E-state index in [1.807, 2.05) is 0 Å². The van der Waals surface area contributed by atoms with Crippen molar-refractivity contribution in [3.8, 4) is 0 Å². The van der Waals surface area contributed by atoms with E-state index in [1.165, 1.54) is 12.1 Å². The van der Waals surface area contributed by atoms with Crippen molar-refractivity contribution in [3.05, 3.63) is 35.4 Å². The Bertz CT molecular complexity index is 854. The minimum Gasteiger partial charge on any atom is -0.444 e. The fourth-order valence-electron chi connectivity index (χ4n) is 4.46. The lowest BCUT2D eigenvalue weighted by Gasteiger charge is -2.40. The number of fused-ring (bicyclic) bond motifs is 2. The first-order valence-corrected chi connectivity index (χ1v) is 9.83. The molecule has 0 saturated heterocycles. The number of alkyl carbamates (subject to hydrolysis) is 1. The van der Waals surface area contributed by atoms with Crippen molar-refractivity contribution in [2.24, 2.45) is 17.8 Å². The Morgan fingerprint density at radius 3 is 2.24 bits per heavy atom. The van der Waals surface area contributed by atoms with Crippen LogP contribution in [0.3, 0.4) is 0 Å². The molecule has 0 spiro atoms. The van der Waals surface area contributed by atoms with Crippen LogP contribution in [0.1, 0.15) is 60.7 Å². The quantitative estimate of drug-likeness (QED) is 0.783. The zero-order valence-corrected chi connectivity index (χ0v) is 16.6. The summed E-state index contributed by atoms with van der Waals surface area (Å²) < 4.78 is 5.29. The van der Waals surface area contributed by atoms with Crippen LogP contribution in [0.2, 0.25) is 0 Å². The maximum Gasteiger partial charge on any atom is 0.407 e. The predicted molar refractivity (Wildman–Crippen MR) is 101 cm³/mol. The average molecular weight is 400 g/mol. The Morgan fingerprint density at radius 2 is 1.66 bits per heavy atom. The number of nitrogens with one attached hydrogen (secondary N) is 1. The first kappa shape index (κ1) is 19.4. The van der Waals surface area contributed by atoms with E-state index in [1.54, 1.807) is 32.9 Å². The summed E-state index contributed by atoms with van der Waals surface area (Å²) in [5.74, 6) is -1.74. The number of hydroxylamine groups is 2. The van der Waals surface area contributed by atoms with E-state index in [2.05, 4.69) is 5.32 Å². The van der Waals surface area contributed by atoms with E-state index in [4.69, 9.17) is 9.57 Å². The lowest BCUT2D eigenvalue weighted by molar-refractivity contribution is -0.173. The second-order valence-corrected chi connectivity index (χ2v) is 8.94. The van der Waals surface area contributed by atoms with E-state index in [9.17, 15) is 19.2 Å². The molecule has 0 unspecified atom stereocenters. The van der Waals surface area contributed by atoms with Gasteiger partial charge in [0.15, 0.2) is 0 Å². The molecule has 2 fully saturated rings. The molecule has 0 aromatic heterocycles. The molecule has 2 aliphatic carbocycles. The third kappa shape index (κ3) is 3.59. The summed E-state index contributed by atoms with van der Waals surface area (Å²) >= 11 is 0. The molecule has 1 aliphatic heterocycles. The molecule has 4 rings (SSSR count).